The van der Waals surface area contributed by atoms with Crippen molar-refractivity contribution in [3.8, 4) is 0 Å². The van der Waals surface area contributed by atoms with E-state index in [0.29, 0.717) is 10.7 Å². The highest BCUT2D eigenvalue weighted by molar-refractivity contribution is 9.10. The Labute approximate surface area is 119 Å². The Balaban J connectivity index is 2.03. The van der Waals surface area contributed by atoms with E-state index in [1.54, 1.807) is 0 Å². The molecule has 0 spiro atoms. The molecule has 0 aliphatic carbocycles. The van der Waals surface area contributed by atoms with Crippen molar-refractivity contribution in [3.05, 3.63) is 22.7 Å². The van der Waals surface area contributed by atoms with E-state index in [-0.39, 0.29) is 0 Å². The van der Waals surface area contributed by atoms with Crippen molar-refractivity contribution < 1.29 is 0 Å². The maximum Gasteiger partial charge on any atom is 0.201 e. The predicted octanol–water partition coefficient (Wildman–Crippen LogP) is 3.67. The summed E-state index contributed by atoms with van der Waals surface area (Å²) in [6, 6.07) is 6.15. The van der Waals surface area contributed by atoms with Crippen LogP contribution < -0.4 is 5.73 Å². The van der Waals surface area contributed by atoms with Crippen molar-refractivity contribution in [2.24, 2.45) is 0 Å². The summed E-state index contributed by atoms with van der Waals surface area (Å²) in [5.74, 6) is 1.88. The van der Waals surface area contributed by atoms with Gasteiger partial charge in [-0.1, -0.05) is 15.9 Å². The lowest BCUT2D eigenvalue weighted by atomic mass is 10.1. The fourth-order valence-corrected chi connectivity index (χ4v) is 4.22. The SMILES string of the molecule is CC1(Cn2c(N)nc3cc(Br)ccc32)CCCS1. The van der Waals surface area contributed by atoms with Gasteiger partial charge in [-0.3, -0.25) is 0 Å². The van der Waals surface area contributed by atoms with Gasteiger partial charge in [0.2, 0.25) is 5.95 Å². The van der Waals surface area contributed by atoms with E-state index in [1.807, 2.05) is 23.9 Å². The van der Waals surface area contributed by atoms with Crippen molar-refractivity contribution in [3.63, 3.8) is 0 Å². The van der Waals surface area contributed by atoms with Crippen LogP contribution >= 0.6 is 27.7 Å². The standard InChI is InChI=1S/C13H16BrN3S/c1-13(5-2-6-18-13)8-17-11-4-3-9(14)7-10(11)16-12(17)15/h3-4,7H,2,5-6,8H2,1H3,(H2,15,16). The number of benzene rings is 1. The second-order valence-electron chi connectivity index (χ2n) is 5.09. The molecule has 1 aliphatic rings. The molecule has 0 radical (unpaired) electrons. The van der Waals surface area contributed by atoms with Gasteiger partial charge in [0.25, 0.3) is 0 Å². The number of rotatable bonds is 2. The Bertz CT molecular complexity index is 587. The Hall–Kier alpha value is -0.680. The van der Waals surface area contributed by atoms with Gasteiger partial charge in [0.15, 0.2) is 0 Å². The predicted molar refractivity (Wildman–Crippen MR) is 81.9 cm³/mol. The molecule has 2 N–H and O–H groups in total. The van der Waals surface area contributed by atoms with Gasteiger partial charge >= 0.3 is 0 Å². The van der Waals surface area contributed by atoms with E-state index in [0.717, 1.165) is 22.1 Å². The number of nitrogens with zero attached hydrogens (tertiary/aromatic N) is 2. The second-order valence-corrected chi connectivity index (χ2v) is 7.69. The Morgan fingerprint density at radius 3 is 3.11 bits per heavy atom. The topological polar surface area (TPSA) is 43.8 Å². The van der Waals surface area contributed by atoms with E-state index >= 15 is 0 Å². The maximum absolute atomic E-state index is 6.07. The lowest BCUT2D eigenvalue weighted by molar-refractivity contribution is 0.522. The van der Waals surface area contributed by atoms with Crippen molar-refractivity contribution in [2.45, 2.75) is 31.1 Å². The molecular weight excluding hydrogens is 310 g/mol. The van der Waals surface area contributed by atoms with Crippen LogP contribution in [0.4, 0.5) is 5.95 Å². The largest absolute Gasteiger partial charge is 0.369 e. The summed E-state index contributed by atoms with van der Waals surface area (Å²) in [6.07, 6.45) is 2.56. The number of nitrogen functional groups attached to an aromatic ring is 1. The smallest absolute Gasteiger partial charge is 0.201 e. The Morgan fingerprint density at radius 2 is 2.39 bits per heavy atom. The molecule has 0 bridgehead atoms. The van der Waals surface area contributed by atoms with Crippen LogP contribution in [0.3, 0.4) is 0 Å². The molecule has 18 heavy (non-hydrogen) atoms. The van der Waals surface area contributed by atoms with Gasteiger partial charge in [-0.05, 0) is 43.7 Å². The minimum absolute atomic E-state index is 0.300. The summed E-state index contributed by atoms with van der Waals surface area (Å²) in [5.41, 5.74) is 8.16. The van der Waals surface area contributed by atoms with E-state index < -0.39 is 0 Å². The van der Waals surface area contributed by atoms with Crippen LogP contribution in [0.2, 0.25) is 0 Å². The minimum Gasteiger partial charge on any atom is -0.369 e. The molecule has 1 fully saturated rings. The molecule has 2 aromatic rings. The van der Waals surface area contributed by atoms with Gasteiger partial charge < -0.3 is 10.3 Å². The number of hydrogen-bond acceptors (Lipinski definition) is 3. The maximum atomic E-state index is 6.07. The highest BCUT2D eigenvalue weighted by Crippen LogP contribution is 2.40. The molecule has 3 nitrogen and oxygen atoms in total. The zero-order chi connectivity index (χ0) is 12.8. The van der Waals surface area contributed by atoms with E-state index in [4.69, 9.17) is 5.73 Å². The number of hydrogen-bond donors (Lipinski definition) is 1. The van der Waals surface area contributed by atoms with E-state index in [9.17, 15) is 0 Å². The van der Waals surface area contributed by atoms with Crippen LogP contribution in [0.15, 0.2) is 22.7 Å². The van der Waals surface area contributed by atoms with Crippen molar-refractivity contribution in [1.82, 2.24) is 9.55 Å². The molecular formula is C13H16BrN3S. The van der Waals surface area contributed by atoms with Crippen LogP contribution in [0.5, 0.6) is 0 Å². The first-order valence-electron chi connectivity index (χ1n) is 6.13. The zero-order valence-corrected chi connectivity index (χ0v) is 12.7. The summed E-state index contributed by atoms with van der Waals surface area (Å²) in [5, 5.41) is 0. The fraction of sp³-hybridized carbons (Fsp3) is 0.462. The van der Waals surface area contributed by atoms with Gasteiger partial charge in [-0.15, -0.1) is 0 Å². The Morgan fingerprint density at radius 1 is 1.56 bits per heavy atom. The zero-order valence-electron chi connectivity index (χ0n) is 10.3. The minimum atomic E-state index is 0.300. The highest BCUT2D eigenvalue weighted by atomic mass is 79.9. The molecule has 1 aromatic heterocycles. The first kappa shape index (κ1) is 12.4. The van der Waals surface area contributed by atoms with Crippen LogP contribution in [0.25, 0.3) is 11.0 Å². The number of nitrogens with two attached hydrogens (primary N) is 1. The van der Waals surface area contributed by atoms with Gasteiger partial charge in [-0.2, -0.15) is 11.8 Å². The number of thioether (sulfide) groups is 1. The van der Waals surface area contributed by atoms with Gasteiger partial charge in [-0.25, -0.2) is 4.98 Å². The second kappa shape index (κ2) is 4.46. The molecule has 2 heterocycles. The van der Waals surface area contributed by atoms with E-state index in [2.05, 4.69) is 38.5 Å². The molecule has 1 saturated heterocycles. The number of anilines is 1. The normalized spacial score (nSPS) is 23.9. The van der Waals surface area contributed by atoms with Crippen LogP contribution in [0, 0.1) is 0 Å². The quantitative estimate of drug-likeness (QED) is 0.916. The summed E-state index contributed by atoms with van der Waals surface area (Å²) >= 11 is 5.52. The average Bonchev–Trinajstić information content (AvgIpc) is 2.85. The fourth-order valence-electron chi connectivity index (χ4n) is 2.58. The number of fused-ring (bicyclic) bond motifs is 1. The molecule has 1 unspecified atom stereocenters. The molecule has 1 atom stereocenters. The first-order valence-corrected chi connectivity index (χ1v) is 7.90. The lowest BCUT2D eigenvalue weighted by Crippen LogP contribution is -2.24. The number of halogens is 1. The summed E-state index contributed by atoms with van der Waals surface area (Å²) in [6.45, 7) is 3.27. The summed E-state index contributed by atoms with van der Waals surface area (Å²) < 4.78 is 3.50. The monoisotopic (exact) mass is 325 g/mol. The van der Waals surface area contributed by atoms with Crippen molar-refractivity contribution in [1.29, 1.82) is 0 Å². The lowest BCUT2D eigenvalue weighted by Gasteiger charge is -2.24. The third kappa shape index (κ3) is 2.14. The molecule has 0 saturated carbocycles. The molecule has 96 valence electrons. The van der Waals surface area contributed by atoms with Gasteiger partial charge in [0.05, 0.1) is 11.0 Å². The first-order chi connectivity index (χ1) is 8.57. The number of aromatic nitrogens is 2. The average molecular weight is 326 g/mol. The molecule has 5 heteroatoms. The van der Waals surface area contributed by atoms with Crippen LogP contribution in [0.1, 0.15) is 19.8 Å². The third-order valence-corrected chi connectivity index (χ3v) is 5.55. The van der Waals surface area contributed by atoms with Gasteiger partial charge in [0, 0.05) is 15.8 Å². The van der Waals surface area contributed by atoms with E-state index in [1.165, 1.54) is 18.6 Å². The van der Waals surface area contributed by atoms with Gasteiger partial charge in [0.1, 0.15) is 0 Å². The molecule has 1 aromatic carbocycles. The Kier molecular flexibility index (Phi) is 3.06. The third-order valence-electron chi connectivity index (χ3n) is 3.53. The number of imidazole rings is 1. The highest BCUT2D eigenvalue weighted by Gasteiger charge is 2.31. The van der Waals surface area contributed by atoms with Crippen LogP contribution in [-0.2, 0) is 6.54 Å². The van der Waals surface area contributed by atoms with Crippen LogP contribution in [-0.4, -0.2) is 20.1 Å². The molecule has 0 amide bonds. The van der Waals surface area contributed by atoms with Crippen molar-refractivity contribution in [2.75, 3.05) is 11.5 Å². The molecule has 3 rings (SSSR count). The van der Waals surface area contributed by atoms with Crippen molar-refractivity contribution >= 4 is 44.7 Å². The summed E-state index contributed by atoms with van der Waals surface area (Å²) in [7, 11) is 0. The molecule has 1 aliphatic heterocycles. The summed E-state index contributed by atoms with van der Waals surface area (Å²) in [4.78, 5) is 4.45.